The van der Waals surface area contributed by atoms with Crippen LogP contribution in [0.25, 0.3) is 0 Å². The van der Waals surface area contributed by atoms with E-state index in [1.165, 1.54) is 5.69 Å². The number of nitrogens with zero attached hydrogens (tertiary/aromatic N) is 3. The minimum Gasteiger partial charge on any atom is -0.492 e. The van der Waals surface area contributed by atoms with Crippen molar-refractivity contribution < 1.29 is 4.74 Å². The third-order valence-corrected chi connectivity index (χ3v) is 3.57. The molecule has 138 valence electrons. The summed E-state index contributed by atoms with van der Waals surface area (Å²) in [6.45, 7) is 7.15. The molecule has 1 aromatic carbocycles. The van der Waals surface area contributed by atoms with Crippen LogP contribution in [0.4, 0.5) is 0 Å². The molecule has 0 bridgehead atoms. The first kappa shape index (κ1) is 21.3. The molecule has 6 nitrogen and oxygen atoms in total. The summed E-state index contributed by atoms with van der Waals surface area (Å²) >= 11 is 0. The number of aliphatic imine (C=N–C) groups is 1. The maximum atomic E-state index is 5.64. The van der Waals surface area contributed by atoms with Gasteiger partial charge in [-0.1, -0.05) is 18.2 Å². The average Bonchev–Trinajstić information content (AvgIpc) is 2.92. The number of ether oxygens (including phenoxy) is 1. The van der Waals surface area contributed by atoms with Crippen molar-refractivity contribution in [1.82, 2.24) is 20.4 Å². The fourth-order valence-electron chi connectivity index (χ4n) is 2.41. The number of rotatable bonds is 8. The Morgan fingerprint density at radius 3 is 2.52 bits per heavy atom. The molecule has 0 saturated heterocycles. The van der Waals surface area contributed by atoms with Gasteiger partial charge >= 0.3 is 0 Å². The molecular formula is C18H28IN5O. The van der Waals surface area contributed by atoms with Crippen molar-refractivity contribution in [3.8, 4) is 5.75 Å². The quantitative estimate of drug-likeness (QED) is 0.277. The van der Waals surface area contributed by atoms with Gasteiger partial charge in [0, 0.05) is 25.8 Å². The number of halogens is 1. The standard InChI is InChI=1S/C18H27N5O.HI/c1-15-14-16(2)23(22-15)12-7-10-20-18(19-3)21-11-13-24-17-8-5-4-6-9-17;/h4-6,8-9,14H,7,10-13H2,1-3H3,(H2,19,20,21);1H. The molecule has 0 spiro atoms. The minimum absolute atomic E-state index is 0. The maximum Gasteiger partial charge on any atom is 0.191 e. The van der Waals surface area contributed by atoms with Gasteiger partial charge in [0.2, 0.25) is 0 Å². The van der Waals surface area contributed by atoms with Gasteiger partial charge in [0.25, 0.3) is 0 Å². The maximum absolute atomic E-state index is 5.64. The molecular weight excluding hydrogens is 429 g/mol. The van der Waals surface area contributed by atoms with Gasteiger partial charge in [-0.25, -0.2) is 0 Å². The monoisotopic (exact) mass is 457 g/mol. The van der Waals surface area contributed by atoms with Gasteiger partial charge in [-0.15, -0.1) is 24.0 Å². The average molecular weight is 457 g/mol. The Morgan fingerprint density at radius 1 is 1.16 bits per heavy atom. The Balaban J connectivity index is 0.00000312. The van der Waals surface area contributed by atoms with Crippen LogP contribution in [0, 0.1) is 13.8 Å². The second-order valence-electron chi connectivity index (χ2n) is 5.59. The molecule has 0 unspecified atom stereocenters. The van der Waals surface area contributed by atoms with Crippen molar-refractivity contribution in [2.75, 3.05) is 26.7 Å². The highest BCUT2D eigenvalue weighted by Gasteiger charge is 2.01. The van der Waals surface area contributed by atoms with Crippen molar-refractivity contribution in [2.24, 2.45) is 4.99 Å². The first-order chi connectivity index (χ1) is 11.7. The fourth-order valence-corrected chi connectivity index (χ4v) is 2.41. The summed E-state index contributed by atoms with van der Waals surface area (Å²) in [6.07, 6.45) is 0.989. The molecule has 0 aliphatic heterocycles. The zero-order valence-electron chi connectivity index (χ0n) is 15.2. The van der Waals surface area contributed by atoms with E-state index in [2.05, 4.69) is 33.7 Å². The highest BCUT2D eigenvalue weighted by molar-refractivity contribution is 14.0. The second-order valence-corrected chi connectivity index (χ2v) is 5.59. The van der Waals surface area contributed by atoms with Crippen LogP contribution in [0.3, 0.4) is 0 Å². The van der Waals surface area contributed by atoms with E-state index in [1.807, 2.05) is 41.9 Å². The number of nitrogens with one attached hydrogen (secondary N) is 2. The highest BCUT2D eigenvalue weighted by atomic mass is 127. The predicted octanol–water partition coefficient (Wildman–Crippen LogP) is 2.75. The van der Waals surface area contributed by atoms with Gasteiger partial charge in [-0.3, -0.25) is 9.67 Å². The Hall–Kier alpha value is -1.77. The molecule has 0 amide bonds. The SMILES string of the molecule is CN=C(NCCCn1nc(C)cc1C)NCCOc1ccccc1.I. The van der Waals surface area contributed by atoms with E-state index in [0.717, 1.165) is 36.9 Å². The van der Waals surface area contributed by atoms with E-state index in [0.29, 0.717) is 13.2 Å². The molecule has 0 radical (unpaired) electrons. The van der Waals surface area contributed by atoms with E-state index < -0.39 is 0 Å². The van der Waals surface area contributed by atoms with Crippen LogP contribution in [-0.2, 0) is 6.54 Å². The summed E-state index contributed by atoms with van der Waals surface area (Å²) in [6, 6.07) is 11.9. The Morgan fingerprint density at radius 2 is 1.88 bits per heavy atom. The lowest BCUT2D eigenvalue weighted by Gasteiger charge is -2.12. The van der Waals surface area contributed by atoms with Gasteiger partial charge in [0.1, 0.15) is 12.4 Å². The molecule has 0 aliphatic carbocycles. The van der Waals surface area contributed by atoms with Crippen molar-refractivity contribution in [3.63, 3.8) is 0 Å². The van der Waals surface area contributed by atoms with Crippen LogP contribution in [0.15, 0.2) is 41.4 Å². The normalized spacial score (nSPS) is 10.9. The molecule has 7 heteroatoms. The minimum atomic E-state index is 0. The molecule has 2 aromatic rings. The lowest BCUT2D eigenvalue weighted by molar-refractivity contribution is 0.322. The van der Waals surface area contributed by atoms with Crippen molar-refractivity contribution >= 4 is 29.9 Å². The number of guanidine groups is 1. The van der Waals surface area contributed by atoms with E-state index in [-0.39, 0.29) is 24.0 Å². The van der Waals surface area contributed by atoms with E-state index in [4.69, 9.17) is 4.74 Å². The third-order valence-electron chi connectivity index (χ3n) is 3.57. The Kier molecular flexibility index (Phi) is 9.98. The van der Waals surface area contributed by atoms with Gasteiger partial charge < -0.3 is 15.4 Å². The number of hydrogen-bond donors (Lipinski definition) is 2. The van der Waals surface area contributed by atoms with Gasteiger partial charge in [-0.2, -0.15) is 5.10 Å². The largest absolute Gasteiger partial charge is 0.492 e. The highest BCUT2D eigenvalue weighted by Crippen LogP contribution is 2.07. The summed E-state index contributed by atoms with van der Waals surface area (Å²) in [5.41, 5.74) is 2.27. The number of para-hydroxylation sites is 1. The molecule has 2 N–H and O–H groups in total. The summed E-state index contributed by atoms with van der Waals surface area (Å²) in [5, 5.41) is 11.0. The van der Waals surface area contributed by atoms with Crippen molar-refractivity contribution in [3.05, 3.63) is 47.8 Å². The fraction of sp³-hybridized carbons (Fsp3) is 0.444. The topological polar surface area (TPSA) is 63.5 Å². The van der Waals surface area contributed by atoms with E-state index in [9.17, 15) is 0 Å². The molecule has 0 atom stereocenters. The first-order valence-electron chi connectivity index (χ1n) is 8.32. The first-order valence-corrected chi connectivity index (χ1v) is 8.32. The van der Waals surface area contributed by atoms with E-state index >= 15 is 0 Å². The van der Waals surface area contributed by atoms with Crippen LogP contribution in [-0.4, -0.2) is 42.5 Å². The van der Waals surface area contributed by atoms with Gasteiger partial charge in [0.15, 0.2) is 5.96 Å². The predicted molar refractivity (Wildman–Crippen MR) is 113 cm³/mol. The summed E-state index contributed by atoms with van der Waals surface area (Å²) in [5.74, 6) is 1.67. The molecule has 25 heavy (non-hydrogen) atoms. The van der Waals surface area contributed by atoms with Crippen LogP contribution < -0.4 is 15.4 Å². The number of aryl methyl sites for hydroxylation is 3. The van der Waals surface area contributed by atoms with Gasteiger partial charge in [0.05, 0.1) is 12.2 Å². The van der Waals surface area contributed by atoms with E-state index in [1.54, 1.807) is 7.05 Å². The molecule has 1 aromatic heterocycles. The van der Waals surface area contributed by atoms with Crippen LogP contribution >= 0.6 is 24.0 Å². The van der Waals surface area contributed by atoms with Crippen LogP contribution in [0.1, 0.15) is 17.8 Å². The number of aromatic nitrogens is 2. The van der Waals surface area contributed by atoms with Crippen molar-refractivity contribution in [1.29, 1.82) is 0 Å². The number of hydrogen-bond acceptors (Lipinski definition) is 3. The van der Waals surface area contributed by atoms with Crippen molar-refractivity contribution in [2.45, 2.75) is 26.8 Å². The van der Waals surface area contributed by atoms with Crippen LogP contribution in [0.5, 0.6) is 5.75 Å². The smallest absolute Gasteiger partial charge is 0.191 e. The summed E-state index contributed by atoms with van der Waals surface area (Å²) in [4.78, 5) is 4.22. The zero-order valence-corrected chi connectivity index (χ0v) is 17.5. The molecule has 0 fully saturated rings. The lowest BCUT2D eigenvalue weighted by atomic mass is 10.3. The summed E-state index contributed by atoms with van der Waals surface area (Å²) in [7, 11) is 1.77. The lowest BCUT2D eigenvalue weighted by Crippen LogP contribution is -2.39. The molecule has 0 aliphatic rings. The Bertz CT molecular complexity index is 642. The molecule has 0 saturated carbocycles. The molecule has 1 heterocycles. The molecule has 2 rings (SSSR count). The second kappa shape index (κ2) is 11.7. The summed E-state index contributed by atoms with van der Waals surface area (Å²) < 4.78 is 7.69. The van der Waals surface area contributed by atoms with Crippen LogP contribution in [0.2, 0.25) is 0 Å². The number of benzene rings is 1. The Labute approximate surface area is 167 Å². The van der Waals surface area contributed by atoms with Gasteiger partial charge in [-0.05, 0) is 38.5 Å². The zero-order chi connectivity index (χ0) is 17.2. The third kappa shape index (κ3) is 7.76.